The average Bonchev–Trinajstić information content (AvgIpc) is 3.52. The van der Waals surface area contributed by atoms with Gasteiger partial charge in [-0.2, -0.15) is 0 Å². The SMILES string of the molecule is Cn1ccc2c(S(=O)(=O)NCC3CCN(CCCc4noc5cc(F)ccc45)C3)cccc21. The first kappa shape index (κ1) is 22.1. The molecule has 1 unspecified atom stereocenters. The molecule has 4 aromatic rings. The van der Waals surface area contributed by atoms with Gasteiger partial charge in [0.25, 0.3) is 0 Å². The normalized spacial score (nSPS) is 17.5. The Labute approximate surface area is 192 Å². The number of benzene rings is 2. The highest BCUT2D eigenvalue weighted by atomic mass is 32.2. The van der Waals surface area contributed by atoms with E-state index in [1.165, 1.54) is 12.1 Å². The molecule has 7 nitrogen and oxygen atoms in total. The number of halogens is 1. The summed E-state index contributed by atoms with van der Waals surface area (Å²) in [4.78, 5) is 2.69. The van der Waals surface area contributed by atoms with E-state index in [-0.39, 0.29) is 11.7 Å². The molecule has 0 aliphatic carbocycles. The molecule has 1 atom stereocenters. The molecule has 5 rings (SSSR count). The fourth-order valence-electron chi connectivity index (χ4n) is 4.71. The number of nitrogens with one attached hydrogen (secondary N) is 1. The lowest BCUT2D eigenvalue weighted by Crippen LogP contribution is -2.31. The molecule has 0 saturated carbocycles. The van der Waals surface area contributed by atoms with Gasteiger partial charge in [-0.3, -0.25) is 0 Å². The molecule has 3 heterocycles. The van der Waals surface area contributed by atoms with Crippen molar-refractivity contribution in [2.24, 2.45) is 13.0 Å². The quantitative estimate of drug-likeness (QED) is 0.425. The van der Waals surface area contributed by atoms with E-state index >= 15 is 0 Å². The minimum Gasteiger partial charge on any atom is -0.356 e. The van der Waals surface area contributed by atoms with Crippen molar-refractivity contribution in [2.45, 2.75) is 24.2 Å². The van der Waals surface area contributed by atoms with Gasteiger partial charge in [-0.25, -0.2) is 17.5 Å². The topological polar surface area (TPSA) is 80.4 Å². The summed E-state index contributed by atoms with van der Waals surface area (Å²) >= 11 is 0. The van der Waals surface area contributed by atoms with Crippen molar-refractivity contribution in [2.75, 3.05) is 26.2 Å². The lowest BCUT2D eigenvalue weighted by molar-refractivity contribution is 0.318. The fourth-order valence-corrected chi connectivity index (χ4v) is 6.04. The zero-order valence-electron chi connectivity index (χ0n) is 18.5. The van der Waals surface area contributed by atoms with E-state index in [2.05, 4.69) is 14.8 Å². The summed E-state index contributed by atoms with van der Waals surface area (Å²) in [5.74, 6) is -0.0463. The number of fused-ring (bicyclic) bond motifs is 2. The Bertz CT molecular complexity index is 1400. The number of hydrogen-bond acceptors (Lipinski definition) is 5. The number of hydrogen-bond donors (Lipinski definition) is 1. The third-order valence-corrected chi connectivity index (χ3v) is 7.99. The van der Waals surface area contributed by atoms with E-state index in [4.69, 9.17) is 4.52 Å². The van der Waals surface area contributed by atoms with E-state index in [9.17, 15) is 12.8 Å². The van der Waals surface area contributed by atoms with Crippen LogP contribution in [0.5, 0.6) is 0 Å². The van der Waals surface area contributed by atoms with E-state index in [0.29, 0.717) is 17.0 Å². The average molecular weight is 471 g/mol. The van der Waals surface area contributed by atoms with Crippen molar-refractivity contribution in [1.29, 1.82) is 0 Å². The minimum absolute atomic E-state index is 0.283. The van der Waals surface area contributed by atoms with Gasteiger partial charge in [0.2, 0.25) is 10.0 Å². The van der Waals surface area contributed by atoms with Crippen molar-refractivity contribution in [3.63, 3.8) is 0 Å². The first-order valence-electron chi connectivity index (χ1n) is 11.2. The van der Waals surface area contributed by atoms with Crippen molar-refractivity contribution in [3.05, 3.63) is 60.2 Å². The molecule has 2 aromatic heterocycles. The van der Waals surface area contributed by atoms with E-state index in [1.807, 2.05) is 29.9 Å². The molecule has 0 bridgehead atoms. The second-order valence-electron chi connectivity index (χ2n) is 8.80. The van der Waals surface area contributed by atoms with Crippen LogP contribution in [-0.4, -0.2) is 49.2 Å². The molecule has 1 aliphatic rings. The van der Waals surface area contributed by atoms with E-state index in [0.717, 1.165) is 60.9 Å². The number of aromatic nitrogens is 2. The zero-order chi connectivity index (χ0) is 23.0. The maximum atomic E-state index is 13.3. The second kappa shape index (κ2) is 8.89. The second-order valence-corrected chi connectivity index (χ2v) is 10.5. The standard InChI is InChI=1S/C24H27FN4O3S/c1-28-12-10-20-22(28)5-2-6-24(20)33(30,31)26-15-17-9-13-29(16-17)11-3-4-21-19-8-7-18(25)14-23(19)32-27-21/h2,5-8,10,12,14,17,26H,3-4,9,11,13,15-16H2,1H3. The smallest absolute Gasteiger partial charge is 0.241 e. The van der Waals surface area contributed by atoms with Gasteiger partial charge in [-0.1, -0.05) is 11.2 Å². The molecule has 0 amide bonds. The Balaban J connectivity index is 1.13. The fraction of sp³-hybridized carbons (Fsp3) is 0.375. The Kier molecular flexibility index (Phi) is 5.94. The minimum atomic E-state index is -3.58. The van der Waals surface area contributed by atoms with Crippen LogP contribution in [0.15, 0.2) is 58.1 Å². The zero-order valence-corrected chi connectivity index (χ0v) is 19.3. The number of likely N-dealkylation sites (tertiary alicyclic amines) is 1. The molecule has 1 saturated heterocycles. The monoisotopic (exact) mass is 470 g/mol. The summed E-state index contributed by atoms with van der Waals surface area (Å²) in [5, 5.41) is 5.68. The van der Waals surface area contributed by atoms with Crippen molar-refractivity contribution < 1.29 is 17.3 Å². The summed E-state index contributed by atoms with van der Waals surface area (Å²) in [7, 11) is -1.67. The van der Waals surface area contributed by atoms with Crippen LogP contribution in [0.4, 0.5) is 4.39 Å². The molecule has 0 spiro atoms. The summed E-state index contributed by atoms with van der Waals surface area (Å²) < 4.78 is 49.2. The van der Waals surface area contributed by atoms with Gasteiger partial charge in [0, 0.05) is 48.7 Å². The van der Waals surface area contributed by atoms with Crippen molar-refractivity contribution in [3.8, 4) is 0 Å². The summed E-state index contributed by atoms with van der Waals surface area (Å²) in [5.41, 5.74) is 2.23. The molecule has 33 heavy (non-hydrogen) atoms. The Morgan fingerprint density at radius 1 is 1.21 bits per heavy atom. The maximum absolute atomic E-state index is 13.3. The van der Waals surface area contributed by atoms with Gasteiger partial charge in [-0.05, 0) is 68.6 Å². The van der Waals surface area contributed by atoms with Crippen LogP contribution >= 0.6 is 0 Å². The highest BCUT2D eigenvalue weighted by molar-refractivity contribution is 7.89. The van der Waals surface area contributed by atoms with Gasteiger partial charge in [0.15, 0.2) is 5.58 Å². The Morgan fingerprint density at radius 3 is 2.97 bits per heavy atom. The largest absolute Gasteiger partial charge is 0.356 e. The molecular weight excluding hydrogens is 443 g/mol. The van der Waals surface area contributed by atoms with Gasteiger partial charge < -0.3 is 14.0 Å². The molecule has 0 radical (unpaired) electrons. The van der Waals surface area contributed by atoms with Gasteiger partial charge >= 0.3 is 0 Å². The van der Waals surface area contributed by atoms with Crippen LogP contribution in [0.3, 0.4) is 0 Å². The van der Waals surface area contributed by atoms with Gasteiger partial charge in [0.05, 0.1) is 10.6 Å². The highest BCUT2D eigenvalue weighted by Gasteiger charge is 2.25. The Hall–Kier alpha value is -2.75. The summed E-state index contributed by atoms with van der Waals surface area (Å²) in [6, 6.07) is 11.7. The first-order chi connectivity index (χ1) is 15.9. The maximum Gasteiger partial charge on any atom is 0.241 e. The molecule has 2 aromatic carbocycles. The molecular formula is C24H27FN4O3S. The lowest BCUT2D eigenvalue weighted by Gasteiger charge is -2.16. The first-order valence-corrected chi connectivity index (χ1v) is 12.7. The number of rotatable bonds is 8. The van der Waals surface area contributed by atoms with Crippen LogP contribution in [0.2, 0.25) is 0 Å². The van der Waals surface area contributed by atoms with Crippen LogP contribution < -0.4 is 4.72 Å². The van der Waals surface area contributed by atoms with Crippen LogP contribution in [0, 0.1) is 11.7 Å². The predicted octanol–water partition coefficient (Wildman–Crippen LogP) is 3.69. The third kappa shape index (κ3) is 4.53. The van der Waals surface area contributed by atoms with Gasteiger partial charge in [0.1, 0.15) is 5.82 Å². The van der Waals surface area contributed by atoms with Gasteiger partial charge in [-0.15, -0.1) is 0 Å². The van der Waals surface area contributed by atoms with Crippen LogP contribution in [0.25, 0.3) is 21.9 Å². The highest BCUT2D eigenvalue weighted by Crippen LogP contribution is 2.25. The van der Waals surface area contributed by atoms with Crippen LogP contribution in [0.1, 0.15) is 18.5 Å². The van der Waals surface area contributed by atoms with E-state index in [1.54, 1.807) is 18.2 Å². The van der Waals surface area contributed by atoms with Crippen LogP contribution in [-0.2, 0) is 23.5 Å². The van der Waals surface area contributed by atoms with Crippen molar-refractivity contribution in [1.82, 2.24) is 19.3 Å². The summed E-state index contributed by atoms with van der Waals surface area (Å²) in [6.45, 7) is 3.15. The third-order valence-electron chi connectivity index (χ3n) is 6.51. The lowest BCUT2D eigenvalue weighted by atomic mass is 10.1. The molecule has 1 aliphatic heterocycles. The molecule has 9 heteroatoms. The number of aryl methyl sites for hydroxylation is 2. The van der Waals surface area contributed by atoms with E-state index < -0.39 is 10.0 Å². The molecule has 1 N–H and O–H groups in total. The molecule has 1 fully saturated rings. The number of nitrogens with zero attached hydrogens (tertiary/aromatic N) is 3. The number of sulfonamides is 1. The molecule has 174 valence electrons. The Morgan fingerprint density at radius 2 is 2.09 bits per heavy atom. The predicted molar refractivity (Wildman–Crippen MR) is 125 cm³/mol. The summed E-state index contributed by atoms with van der Waals surface area (Å²) in [6.07, 6.45) is 4.50. The van der Waals surface area contributed by atoms with Crippen molar-refractivity contribution >= 4 is 31.9 Å².